The topological polar surface area (TPSA) is 24.1 Å². The monoisotopic (exact) mass is 622 g/mol. The summed E-state index contributed by atoms with van der Waals surface area (Å²) in [6, 6.07) is 31.7. The van der Waals surface area contributed by atoms with Gasteiger partial charge in [-0.05, 0) is 112 Å². The Hall–Kier alpha value is -4.06. The SMILES string of the molecule is Bc1sc2ccccc2c1-c1cc(C)ccc1CCCc1sc2ccccc2c1Nc1ccc(C2=CC=CNC2)c(C(C)C)c1. The van der Waals surface area contributed by atoms with E-state index in [-0.39, 0.29) is 0 Å². The number of fused-ring (bicyclic) bond motifs is 2. The molecule has 7 rings (SSSR count). The standard InChI is InChI=1S/C40H39BN2S2/c1-25(2)33-23-29(19-20-30(33)28-11-9-21-42-24-28)43-39-32-13-5-7-15-36(32)44-37(39)16-8-10-27-18-17-26(3)22-34(27)38-31-12-4-6-14-35(31)45-40(38)41/h4-7,9,11-15,17-23,25,42-43H,8,10,16,24,41H2,1-3H3. The van der Waals surface area contributed by atoms with Crippen LogP contribution in [0, 0.1) is 6.92 Å². The average molecular weight is 623 g/mol. The molecule has 5 heteroatoms. The highest BCUT2D eigenvalue weighted by Crippen LogP contribution is 2.40. The van der Waals surface area contributed by atoms with Crippen LogP contribution in [0.5, 0.6) is 0 Å². The largest absolute Gasteiger partial charge is 0.387 e. The molecule has 6 aromatic rings. The quantitative estimate of drug-likeness (QED) is 0.157. The van der Waals surface area contributed by atoms with E-state index in [1.165, 1.54) is 74.5 Å². The van der Waals surface area contributed by atoms with Crippen LogP contribution in [0.3, 0.4) is 0 Å². The van der Waals surface area contributed by atoms with E-state index in [0.717, 1.165) is 31.5 Å². The van der Waals surface area contributed by atoms with Crippen LogP contribution in [-0.2, 0) is 12.8 Å². The van der Waals surface area contributed by atoms with Gasteiger partial charge in [-0.25, -0.2) is 0 Å². The molecular weight excluding hydrogens is 583 g/mol. The number of aryl methyl sites for hydroxylation is 3. The molecule has 0 fully saturated rings. The summed E-state index contributed by atoms with van der Waals surface area (Å²) in [5, 5.41) is 9.96. The second-order valence-corrected chi connectivity index (χ2v) is 14.8. The summed E-state index contributed by atoms with van der Waals surface area (Å²) in [6.45, 7) is 7.66. The summed E-state index contributed by atoms with van der Waals surface area (Å²) >= 11 is 3.85. The maximum Gasteiger partial charge on any atom is 0.153 e. The van der Waals surface area contributed by atoms with Gasteiger partial charge in [0.25, 0.3) is 0 Å². The summed E-state index contributed by atoms with van der Waals surface area (Å²) in [5.41, 5.74) is 12.1. The zero-order chi connectivity index (χ0) is 30.9. The van der Waals surface area contributed by atoms with Crippen molar-refractivity contribution in [3.05, 3.63) is 130 Å². The van der Waals surface area contributed by atoms with E-state index < -0.39 is 0 Å². The molecule has 45 heavy (non-hydrogen) atoms. The second-order valence-electron chi connectivity index (χ2n) is 12.5. The van der Waals surface area contributed by atoms with E-state index in [9.17, 15) is 0 Å². The van der Waals surface area contributed by atoms with Crippen molar-refractivity contribution in [1.82, 2.24) is 5.32 Å². The van der Waals surface area contributed by atoms with Crippen molar-refractivity contribution in [3.63, 3.8) is 0 Å². The molecule has 0 saturated carbocycles. The van der Waals surface area contributed by atoms with Gasteiger partial charge in [-0.1, -0.05) is 86.2 Å². The lowest BCUT2D eigenvalue weighted by Crippen LogP contribution is -2.13. The Bertz CT molecular complexity index is 2080. The predicted octanol–water partition coefficient (Wildman–Crippen LogP) is 9.89. The second kappa shape index (κ2) is 12.7. The molecule has 0 aliphatic carbocycles. The van der Waals surface area contributed by atoms with Crippen LogP contribution in [0.4, 0.5) is 11.4 Å². The minimum Gasteiger partial charge on any atom is -0.387 e. The summed E-state index contributed by atoms with van der Waals surface area (Å²) in [4.78, 5) is 1.43. The summed E-state index contributed by atoms with van der Waals surface area (Å²) in [5.74, 6) is 0.430. The number of nitrogens with one attached hydrogen (secondary N) is 2. The van der Waals surface area contributed by atoms with E-state index >= 15 is 0 Å². The first-order valence-electron chi connectivity index (χ1n) is 16.0. The molecule has 1 aliphatic heterocycles. The van der Waals surface area contributed by atoms with Crippen LogP contribution in [0.15, 0.2) is 103 Å². The first-order valence-corrected chi connectivity index (χ1v) is 17.7. The number of allylic oxidation sites excluding steroid dienone is 2. The van der Waals surface area contributed by atoms with Gasteiger partial charge in [0, 0.05) is 31.9 Å². The number of hydrogen-bond donors (Lipinski definition) is 2. The van der Waals surface area contributed by atoms with E-state index in [2.05, 4.69) is 136 Å². The fourth-order valence-electron chi connectivity index (χ4n) is 6.69. The third kappa shape index (κ3) is 6.00. The van der Waals surface area contributed by atoms with Crippen LogP contribution >= 0.6 is 22.7 Å². The molecule has 0 bridgehead atoms. The first-order chi connectivity index (χ1) is 22.0. The summed E-state index contributed by atoms with van der Waals surface area (Å²) in [6.07, 6.45) is 9.54. The highest BCUT2D eigenvalue weighted by Gasteiger charge is 2.18. The van der Waals surface area contributed by atoms with Gasteiger partial charge in [0.05, 0.1) is 5.69 Å². The zero-order valence-electron chi connectivity index (χ0n) is 26.5. The smallest absolute Gasteiger partial charge is 0.153 e. The van der Waals surface area contributed by atoms with Crippen molar-refractivity contribution < 1.29 is 0 Å². The summed E-state index contributed by atoms with van der Waals surface area (Å²) in [7, 11) is 2.28. The maximum absolute atomic E-state index is 3.90. The Morgan fingerprint density at radius 3 is 2.40 bits per heavy atom. The molecule has 2 N–H and O–H groups in total. The number of anilines is 2. The highest BCUT2D eigenvalue weighted by molar-refractivity contribution is 7.27. The van der Waals surface area contributed by atoms with Crippen molar-refractivity contribution in [1.29, 1.82) is 0 Å². The fourth-order valence-corrected chi connectivity index (χ4v) is 8.97. The average Bonchev–Trinajstić information content (AvgIpc) is 3.58. The Kier molecular flexibility index (Phi) is 8.40. The van der Waals surface area contributed by atoms with Crippen molar-refractivity contribution in [2.75, 3.05) is 11.9 Å². The van der Waals surface area contributed by atoms with Gasteiger partial charge >= 0.3 is 0 Å². The molecule has 224 valence electrons. The van der Waals surface area contributed by atoms with Crippen molar-refractivity contribution in [2.24, 2.45) is 0 Å². The van der Waals surface area contributed by atoms with Crippen LogP contribution < -0.4 is 15.4 Å². The summed E-state index contributed by atoms with van der Waals surface area (Å²) < 4.78 is 4.12. The lowest BCUT2D eigenvalue weighted by Gasteiger charge is -2.19. The van der Waals surface area contributed by atoms with Crippen LogP contribution in [0.1, 0.15) is 53.3 Å². The molecule has 2 nitrogen and oxygen atoms in total. The van der Waals surface area contributed by atoms with Gasteiger partial charge in [-0.2, -0.15) is 11.3 Å². The lowest BCUT2D eigenvalue weighted by molar-refractivity contribution is 0.833. The van der Waals surface area contributed by atoms with Gasteiger partial charge in [-0.15, -0.1) is 11.3 Å². The number of benzene rings is 4. The van der Waals surface area contributed by atoms with E-state index in [1.807, 2.05) is 28.9 Å². The van der Waals surface area contributed by atoms with Gasteiger partial charge in [0.15, 0.2) is 7.85 Å². The van der Waals surface area contributed by atoms with Gasteiger partial charge in [-0.3, -0.25) is 0 Å². The van der Waals surface area contributed by atoms with Gasteiger partial charge in [0.1, 0.15) is 0 Å². The van der Waals surface area contributed by atoms with Crippen molar-refractivity contribution >= 4 is 72.4 Å². The number of rotatable bonds is 9. The molecule has 4 aromatic carbocycles. The normalized spacial score (nSPS) is 13.0. The maximum atomic E-state index is 3.90. The van der Waals surface area contributed by atoms with Crippen LogP contribution in [0.2, 0.25) is 0 Å². The Morgan fingerprint density at radius 1 is 0.844 bits per heavy atom. The van der Waals surface area contributed by atoms with Crippen molar-refractivity contribution in [3.8, 4) is 11.1 Å². The van der Waals surface area contributed by atoms with E-state index in [4.69, 9.17) is 0 Å². The predicted molar refractivity (Wildman–Crippen MR) is 203 cm³/mol. The van der Waals surface area contributed by atoms with E-state index in [0.29, 0.717) is 5.92 Å². The molecule has 0 saturated heterocycles. The lowest BCUT2D eigenvalue weighted by atomic mass is 9.88. The van der Waals surface area contributed by atoms with Crippen LogP contribution in [0.25, 0.3) is 36.9 Å². The van der Waals surface area contributed by atoms with Crippen LogP contribution in [-0.4, -0.2) is 14.4 Å². The third-order valence-electron chi connectivity index (χ3n) is 8.92. The molecular formula is C40H39BN2S2. The molecule has 0 unspecified atom stereocenters. The Labute approximate surface area is 275 Å². The van der Waals surface area contributed by atoms with Crippen molar-refractivity contribution in [2.45, 2.75) is 46.0 Å². The van der Waals surface area contributed by atoms with E-state index in [1.54, 1.807) is 0 Å². The number of hydrogen-bond acceptors (Lipinski definition) is 4. The zero-order valence-corrected chi connectivity index (χ0v) is 28.2. The Balaban J connectivity index is 1.18. The highest BCUT2D eigenvalue weighted by atomic mass is 32.1. The molecule has 1 aliphatic rings. The first kappa shape index (κ1) is 29.6. The minimum absolute atomic E-state index is 0.430. The minimum atomic E-state index is 0.430. The number of thiophene rings is 2. The molecule has 0 spiro atoms. The molecule has 0 atom stereocenters. The fraction of sp³-hybridized carbons (Fsp3) is 0.200. The molecule has 2 aromatic heterocycles. The van der Waals surface area contributed by atoms with Gasteiger partial charge in [0.2, 0.25) is 0 Å². The Morgan fingerprint density at radius 2 is 1.62 bits per heavy atom. The molecule has 3 heterocycles. The third-order valence-corrected chi connectivity index (χ3v) is 11.2. The number of dihydropyridines is 1. The van der Waals surface area contributed by atoms with Gasteiger partial charge < -0.3 is 10.6 Å². The molecule has 0 amide bonds. The molecule has 0 radical (unpaired) electrons.